The molecule has 0 radical (unpaired) electrons. The van der Waals surface area contributed by atoms with Crippen molar-refractivity contribution < 1.29 is 37.1 Å². The number of allylic oxidation sites excluding steroid dienone is 5. The van der Waals surface area contributed by atoms with E-state index >= 15 is 0 Å². The molecule has 0 N–H and O–H groups in total. The van der Waals surface area contributed by atoms with Crippen LogP contribution < -0.4 is 29.2 Å². The third kappa shape index (κ3) is 20.7. The first-order valence-electron chi connectivity index (χ1n) is 53.9. The van der Waals surface area contributed by atoms with Crippen molar-refractivity contribution in [3.63, 3.8) is 0 Å². The summed E-state index contributed by atoms with van der Waals surface area (Å²) in [6.07, 6.45) is 27.1. The van der Waals surface area contributed by atoms with E-state index in [1.165, 1.54) is 162 Å². The maximum absolute atomic E-state index is 6.51. The number of amidine groups is 3. The monoisotopic (exact) mass is 1970 g/mol. The molecule has 10 aromatic carbocycles. The topological polar surface area (TPSA) is 68.7 Å². The molecule has 0 saturated heterocycles. The Morgan fingerprint density at radius 3 is 1.40 bits per heavy atom. The van der Waals surface area contributed by atoms with E-state index in [-0.39, 0.29) is 27.1 Å². The lowest BCUT2D eigenvalue weighted by Crippen LogP contribution is -2.36. The molecule has 1 aliphatic carbocycles. The predicted molar refractivity (Wildman–Crippen MR) is 606 cm³/mol. The molecule has 16 nitrogen and oxygen atoms in total. The van der Waals surface area contributed by atoms with Crippen LogP contribution in [0.1, 0.15) is 193 Å². The number of hydrogen-bond donors (Lipinski definition) is 0. The van der Waals surface area contributed by atoms with Gasteiger partial charge in [0.2, 0.25) is 0 Å². The van der Waals surface area contributed by atoms with Crippen LogP contribution in [0.15, 0.2) is 296 Å². The lowest BCUT2D eigenvalue weighted by Gasteiger charge is -2.37. The molecule has 11 aliphatic rings. The van der Waals surface area contributed by atoms with Crippen molar-refractivity contribution in [3.05, 3.63) is 345 Å². The zero-order chi connectivity index (χ0) is 101. The van der Waals surface area contributed by atoms with Crippen molar-refractivity contribution >= 4 is 102 Å². The van der Waals surface area contributed by atoms with Crippen LogP contribution in [-0.4, -0.2) is 220 Å². The summed E-state index contributed by atoms with van der Waals surface area (Å²) in [4.78, 5) is 20.0. The Morgan fingerprint density at radius 1 is 0.403 bits per heavy atom. The molecule has 754 valence electrons. The Labute approximate surface area is 870 Å². The van der Waals surface area contributed by atoms with Crippen molar-refractivity contribution in [3.8, 4) is 5.75 Å². The van der Waals surface area contributed by atoms with E-state index in [1.54, 1.807) is 11.3 Å². The second-order valence-corrected chi connectivity index (χ2v) is 43.1. The van der Waals surface area contributed by atoms with Gasteiger partial charge < -0.3 is 38.7 Å². The van der Waals surface area contributed by atoms with Crippen molar-refractivity contribution in [1.82, 2.24) is 14.7 Å². The van der Waals surface area contributed by atoms with E-state index < -0.39 is 0 Å². The van der Waals surface area contributed by atoms with Crippen molar-refractivity contribution in [2.24, 2.45) is 0 Å². The zero-order valence-corrected chi connectivity index (χ0v) is 90.8. The molecule has 18 heteroatoms. The molecule has 0 bridgehead atoms. The van der Waals surface area contributed by atoms with E-state index in [0.717, 1.165) is 178 Å². The average Bonchev–Trinajstić information content (AvgIpc) is 1.55. The Morgan fingerprint density at radius 2 is 0.840 bits per heavy atom. The van der Waals surface area contributed by atoms with E-state index in [9.17, 15) is 0 Å². The average molecular weight is 1970 g/mol. The van der Waals surface area contributed by atoms with Gasteiger partial charge in [0.25, 0.3) is 17.5 Å². The lowest BCUT2D eigenvalue weighted by molar-refractivity contribution is -0.533. The number of para-hydroxylation sites is 2. The first-order valence-corrected chi connectivity index (χ1v) is 54.6. The first-order chi connectivity index (χ1) is 69.8. The lowest BCUT2D eigenvalue weighted by atomic mass is 9.67. The molecule has 0 amide bonds. The van der Waals surface area contributed by atoms with Gasteiger partial charge in [0.15, 0.2) is 39.4 Å². The Hall–Kier alpha value is -12.1. The second kappa shape index (κ2) is 45.3. The predicted octanol–water partition coefficient (Wildman–Crippen LogP) is 25.2. The zero-order valence-electron chi connectivity index (χ0n) is 89.2. The number of fused-ring (bicyclic) bond motifs is 10. The quantitative estimate of drug-likeness (QED) is 0.0385. The molecule has 10 heterocycles. The first kappa shape index (κ1) is 103. The molecule has 2 unspecified atom stereocenters. The highest BCUT2D eigenvalue weighted by atomic mass is 35.5. The molecule has 144 heavy (non-hydrogen) atoms. The summed E-state index contributed by atoms with van der Waals surface area (Å²) in [6, 6.07) is 79.9. The minimum Gasteiger partial charge on any atom is -0.487 e. The molecule has 10 aliphatic heterocycles. The molecular formula is C126H158Cl2N13O3+5. The van der Waals surface area contributed by atoms with Gasteiger partial charge in [0.05, 0.1) is 58.8 Å². The van der Waals surface area contributed by atoms with E-state index in [1.807, 2.05) is 42.5 Å². The fourth-order valence-corrected chi connectivity index (χ4v) is 24.8. The number of rotatable bonds is 26. The van der Waals surface area contributed by atoms with Crippen molar-refractivity contribution in [1.29, 1.82) is 0 Å². The summed E-state index contributed by atoms with van der Waals surface area (Å²) < 4.78 is 29.9. The van der Waals surface area contributed by atoms with Crippen LogP contribution in [0.2, 0.25) is 10.0 Å². The fraction of sp³-hybridized carbons (Fsp3) is 0.421. The molecule has 0 aromatic heterocycles. The number of anilines is 5. The van der Waals surface area contributed by atoms with Gasteiger partial charge in [-0.3, -0.25) is 28.4 Å². The van der Waals surface area contributed by atoms with E-state index in [0.29, 0.717) is 13.2 Å². The second-order valence-electron chi connectivity index (χ2n) is 42.3. The van der Waals surface area contributed by atoms with Gasteiger partial charge >= 0.3 is 11.8 Å². The summed E-state index contributed by atoms with van der Waals surface area (Å²) in [5.41, 5.74) is 22.9. The molecule has 1 fully saturated rings. The summed E-state index contributed by atoms with van der Waals surface area (Å²) in [6.45, 7) is 53.3. The molecule has 1 spiro atoms. The highest BCUT2D eigenvalue weighted by Crippen LogP contribution is 2.59. The van der Waals surface area contributed by atoms with Crippen LogP contribution >= 0.6 is 23.2 Å². The molecule has 1 saturated carbocycles. The highest BCUT2D eigenvalue weighted by Gasteiger charge is 2.52. The SMILES string of the molecule is C=CC1(C)C(=CC2=[N+](C)CCN2C)N(CCC)c2ccccc21.CCCN1C(=CC2=[N+](C)CCN2CC)C(C)(Cc2ccccc2)c2cc(Cl)ccc21.CCCN1C(=CC2=[N+](C)CCN2CC)C2(CCCCC2)c2c1ccc1ccccc21.CCCN1C(=CC2=[N+](CCOc3ccccc3)CCO2)C(C)(C)c2c1ccc1ccccc21.CCCN1C(=CC2=[N+](Cc3ccccc3)CCO2)C(C)(C)c2cc(Cl)ccc21. The molecule has 21 rings (SSSR count). The maximum Gasteiger partial charge on any atom is 0.364 e. The Kier molecular flexibility index (Phi) is 32.5. The van der Waals surface area contributed by atoms with Gasteiger partial charge in [-0.25, -0.2) is 0 Å². The van der Waals surface area contributed by atoms with Crippen LogP contribution in [0.4, 0.5) is 28.4 Å². The number of benzene rings is 10. The number of halogens is 2. The summed E-state index contributed by atoms with van der Waals surface area (Å²) in [7, 11) is 8.82. The summed E-state index contributed by atoms with van der Waals surface area (Å²) in [5.74, 6) is 6.86. The van der Waals surface area contributed by atoms with Crippen molar-refractivity contribution in [2.75, 3.05) is 177 Å². The van der Waals surface area contributed by atoms with Crippen LogP contribution in [0, 0.1) is 0 Å². The van der Waals surface area contributed by atoms with Gasteiger partial charge in [0.1, 0.15) is 51.6 Å². The van der Waals surface area contributed by atoms with Gasteiger partial charge in [-0.1, -0.05) is 269 Å². The number of hydrogen-bond acceptors (Lipinski definition) is 11. The largest absolute Gasteiger partial charge is 0.487 e. The number of nitrogens with zero attached hydrogens (tertiary/aromatic N) is 13. The molecule has 2 atom stereocenters. The van der Waals surface area contributed by atoms with Gasteiger partial charge in [-0.15, -0.1) is 6.58 Å². The Bertz CT molecular complexity index is 6650. The molecule has 10 aromatic rings. The van der Waals surface area contributed by atoms with Crippen LogP contribution in [-0.2, 0) is 49.5 Å². The number of ether oxygens (including phenoxy) is 3. The third-order valence-corrected chi connectivity index (χ3v) is 32.5. The van der Waals surface area contributed by atoms with E-state index in [4.69, 9.17) is 37.4 Å². The minimum atomic E-state index is -0.136. The standard InChI is InChI=1S/C29H33N2O2.C27H36N3.C26H33ClN3.C24H28ClN2O.C20H28N3/c1-4-16-31-25-15-14-22-10-8-9-13-24(22)28(25)29(2,3)26(31)21-27-30(18-20-33-27)17-19-32-23-11-6-5-7-12-23;1-4-17-30-23-14-13-21-11-7-8-12-22(21)26(23)27(15-9-6-10-16-27)24(30)20-25-28(3)18-19-29(25)5-2;1-5-14-30-23-13-12-21(27)17-22(23)26(3,19-20-10-8-7-9-11-20)24(30)18-25-28(4)15-16-29(25)6-2;1-4-12-27-21-11-10-19(25)15-20(21)24(2,3)22(27)16-23-26(13-14-28-23)17-18-8-6-5-7-9-18;1-6-12-23-17-11-9-8-10-16(17)20(3,7-2)18(23)15-19-21(4)13-14-22(19)5/h5-15,21H,4,16-20H2,1-3H3;7-8,11-14,20H,4-6,9-10,15-19H2,1-3H3;7-13,17-18H,5-6,14-16,19H2,1-4H3;5-11,15-16H,4,12-14,17H2,1-3H3;7-11,15H,2,6,12-14H2,1,3-5H3/q5*+1. The van der Waals surface area contributed by atoms with Crippen LogP contribution in [0.3, 0.4) is 0 Å². The van der Waals surface area contributed by atoms with Gasteiger partial charge in [-0.2, -0.15) is 9.15 Å². The van der Waals surface area contributed by atoms with Gasteiger partial charge in [-0.05, 0) is 201 Å². The smallest absolute Gasteiger partial charge is 0.364 e. The summed E-state index contributed by atoms with van der Waals surface area (Å²) in [5, 5.41) is 7.10. The highest BCUT2D eigenvalue weighted by molar-refractivity contribution is 6.31. The normalized spacial score (nSPS) is 21.2. The minimum absolute atomic E-state index is 0.115. The molecular weight excluding hydrogens is 1810 g/mol. The van der Waals surface area contributed by atoms with Crippen LogP contribution in [0.5, 0.6) is 5.75 Å². The fourth-order valence-electron chi connectivity index (χ4n) is 24.5. The maximum atomic E-state index is 6.51. The Balaban J connectivity index is 0.000000124. The van der Waals surface area contributed by atoms with Crippen LogP contribution in [0.25, 0.3) is 21.5 Å². The van der Waals surface area contributed by atoms with Crippen molar-refractivity contribution in [2.45, 2.75) is 194 Å². The van der Waals surface area contributed by atoms with Gasteiger partial charge in [0, 0.05) is 145 Å². The van der Waals surface area contributed by atoms with E-state index in [2.05, 4.69) is 405 Å². The third-order valence-electron chi connectivity index (χ3n) is 32.0. The number of likely N-dealkylation sites (N-methyl/N-ethyl adjacent to an activating group) is 6. The summed E-state index contributed by atoms with van der Waals surface area (Å²) >= 11 is 12.8.